The number of benzene rings is 1. The highest BCUT2D eigenvalue weighted by Gasteiger charge is 2.23. The summed E-state index contributed by atoms with van der Waals surface area (Å²) in [7, 11) is 1.67. The van der Waals surface area contributed by atoms with E-state index >= 15 is 0 Å². The minimum atomic E-state index is 0.125. The standard InChI is InChI=1S/C14H19NO2/c1-9-10(2)13(17-3)7-4-11(9)8-14(16)15-12-5-6-12/h4,7,12H,5-6,8H2,1-3H3,(H,15,16). The van der Waals surface area contributed by atoms with Gasteiger partial charge in [-0.25, -0.2) is 0 Å². The van der Waals surface area contributed by atoms with E-state index in [4.69, 9.17) is 4.74 Å². The average molecular weight is 233 g/mol. The second kappa shape index (κ2) is 4.78. The molecule has 1 aliphatic carbocycles. The van der Waals surface area contributed by atoms with Gasteiger partial charge in [-0.2, -0.15) is 0 Å². The van der Waals surface area contributed by atoms with Crippen LogP contribution in [0.25, 0.3) is 0 Å². The van der Waals surface area contributed by atoms with Crippen LogP contribution in [0.15, 0.2) is 12.1 Å². The van der Waals surface area contributed by atoms with Crippen molar-refractivity contribution in [2.24, 2.45) is 0 Å². The molecule has 0 spiro atoms. The van der Waals surface area contributed by atoms with Crippen molar-refractivity contribution in [2.45, 2.75) is 39.2 Å². The summed E-state index contributed by atoms with van der Waals surface area (Å²) in [4.78, 5) is 11.7. The summed E-state index contributed by atoms with van der Waals surface area (Å²) in [6, 6.07) is 4.34. The van der Waals surface area contributed by atoms with Gasteiger partial charge in [-0.3, -0.25) is 4.79 Å². The molecular formula is C14H19NO2. The molecule has 0 aliphatic heterocycles. The van der Waals surface area contributed by atoms with Crippen LogP contribution in [-0.2, 0) is 11.2 Å². The van der Waals surface area contributed by atoms with Gasteiger partial charge in [0, 0.05) is 6.04 Å². The number of carbonyl (C=O) groups excluding carboxylic acids is 1. The van der Waals surface area contributed by atoms with Gasteiger partial charge in [-0.15, -0.1) is 0 Å². The Morgan fingerprint density at radius 2 is 2.06 bits per heavy atom. The minimum absolute atomic E-state index is 0.125. The molecule has 17 heavy (non-hydrogen) atoms. The van der Waals surface area contributed by atoms with Crippen molar-refractivity contribution in [3.05, 3.63) is 28.8 Å². The molecule has 1 fully saturated rings. The molecule has 0 aromatic heterocycles. The van der Waals surface area contributed by atoms with Crippen molar-refractivity contribution < 1.29 is 9.53 Å². The van der Waals surface area contributed by atoms with Crippen LogP contribution in [0.1, 0.15) is 29.5 Å². The summed E-state index contributed by atoms with van der Waals surface area (Å²) in [5.74, 6) is 1.01. The predicted molar refractivity (Wildman–Crippen MR) is 67.3 cm³/mol. The first-order valence-corrected chi connectivity index (χ1v) is 6.04. The summed E-state index contributed by atoms with van der Waals surface area (Å²) >= 11 is 0. The number of methoxy groups -OCH3 is 1. The van der Waals surface area contributed by atoms with E-state index in [0.717, 1.165) is 35.3 Å². The Bertz CT molecular complexity index is 436. The molecule has 1 saturated carbocycles. The van der Waals surface area contributed by atoms with Crippen molar-refractivity contribution in [3.8, 4) is 5.75 Å². The highest BCUT2D eigenvalue weighted by molar-refractivity contribution is 5.79. The maximum Gasteiger partial charge on any atom is 0.224 e. The molecule has 1 aromatic rings. The Hall–Kier alpha value is -1.51. The van der Waals surface area contributed by atoms with E-state index in [2.05, 4.69) is 5.32 Å². The molecule has 1 amide bonds. The molecule has 3 nitrogen and oxygen atoms in total. The second-order valence-electron chi connectivity index (χ2n) is 4.70. The van der Waals surface area contributed by atoms with Crippen LogP contribution < -0.4 is 10.1 Å². The highest BCUT2D eigenvalue weighted by atomic mass is 16.5. The molecule has 0 saturated heterocycles. The molecule has 0 heterocycles. The lowest BCUT2D eigenvalue weighted by molar-refractivity contribution is -0.120. The third-order valence-corrected chi connectivity index (χ3v) is 3.36. The Labute approximate surface area is 102 Å². The molecule has 3 heteroatoms. The van der Waals surface area contributed by atoms with E-state index in [0.29, 0.717) is 12.5 Å². The molecular weight excluding hydrogens is 214 g/mol. The summed E-state index contributed by atoms with van der Waals surface area (Å²) in [6.45, 7) is 4.06. The summed E-state index contributed by atoms with van der Waals surface area (Å²) in [5.41, 5.74) is 3.35. The lowest BCUT2D eigenvalue weighted by Gasteiger charge is -2.12. The second-order valence-corrected chi connectivity index (χ2v) is 4.70. The topological polar surface area (TPSA) is 38.3 Å². The summed E-state index contributed by atoms with van der Waals surface area (Å²) < 4.78 is 5.26. The van der Waals surface area contributed by atoms with E-state index in [1.165, 1.54) is 0 Å². The van der Waals surface area contributed by atoms with Gasteiger partial charge < -0.3 is 10.1 Å². The van der Waals surface area contributed by atoms with Crippen molar-refractivity contribution in [2.75, 3.05) is 7.11 Å². The van der Waals surface area contributed by atoms with Gasteiger partial charge >= 0.3 is 0 Å². The van der Waals surface area contributed by atoms with E-state index in [-0.39, 0.29) is 5.91 Å². The zero-order valence-corrected chi connectivity index (χ0v) is 10.7. The first-order valence-electron chi connectivity index (χ1n) is 6.04. The first kappa shape index (κ1) is 12.0. The predicted octanol–water partition coefficient (Wildman–Crippen LogP) is 2.13. The molecule has 0 bridgehead atoms. The fourth-order valence-corrected chi connectivity index (χ4v) is 1.94. The molecule has 1 N–H and O–H groups in total. The van der Waals surface area contributed by atoms with Crippen LogP contribution in [0.3, 0.4) is 0 Å². The SMILES string of the molecule is COc1ccc(CC(=O)NC2CC2)c(C)c1C. The number of hydrogen-bond acceptors (Lipinski definition) is 2. The Morgan fingerprint density at radius 1 is 1.35 bits per heavy atom. The van der Waals surface area contributed by atoms with Crippen molar-refractivity contribution >= 4 is 5.91 Å². The molecule has 92 valence electrons. The van der Waals surface area contributed by atoms with Gasteiger partial charge in [0.2, 0.25) is 5.91 Å². The normalized spacial score (nSPS) is 14.5. The molecule has 2 rings (SSSR count). The lowest BCUT2D eigenvalue weighted by Crippen LogP contribution is -2.27. The van der Waals surface area contributed by atoms with Gasteiger partial charge in [0.1, 0.15) is 5.75 Å². The molecule has 0 radical (unpaired) electrons. The number of nitrogens with one attached hydrogen (secondary N) is 1. The van der Waals surface area contributed by atoms with Gasteiger partial charge in [0.25, 0.3) is 0 Å². The first-order chi connectivity index (χ1) is 8.11. The fraction of sp³-hybridized carbons (Fsp3) is 0.500. The maximum absolute atomic E-state index is 11.7. The number of ether oxygens (including phenoxy) is 1. The minimum Gasteiger partial charge on any atom is -0.496 e. The zero-order chi connectivity index (χ0) is 12.4. The fourth-order valence-electron chi connectivity index (χ4n) is 1.94. The van der Waals surface area contributed by atoms with Gasteiger partial charge in [-0.05, 0) is 49.4 Å². The van der Waals surface area contributed by atoms with Crippen LogP contribution in [0.4, 0.5) is 0 Å². The quantitative estimate of drug-likeness (QED) is 0.865. The Kier molecular flexibility index (Phi) is 3.36. The maximum atomic E-state index is 11.7. The van der Waals surface area contributed by atoms with Crippen LogP contribution >= 0.6 is 0 Å². The van der Waals surface area contributed by atoms with Crippen molar-refractivity contribution in [1.82, 2.24) is 5.32 Å². The smallest absolute Gasteiger partial charge is 0.224 e. The zero-order valence-electron chi connectivity index (χ0n) is 10.7. The average Bonchev–Trinajstić information content (AvgIpc) is 3.09. The number of carbonyl (C=O) groups is 1. The van der Waals surface area contributed by atoms with Crippen LogP contribution in [-0.4, -0.2) is 19.1 Å². The van der Waals surface area contributed by atoms with E-state index < -0.39 is 0 Å². The van der Waals surface area contributed by atoms with Crippen molar-refractivity contribution in [1.29, 1.82) is 0 Å². The van der Waals surface area contributed by atoms with Crippen LogP contribution in [0.5, 0.6) is 5.75 Å². The van der Waals surface area contributed by atoms with E-state index in [1.807, 2.05) is 26.0 Å². The Morgan fingerprint density at radius 3 is 2.65 bits per heavy atom. The monoisotopic (exact) mass is 233 g/mol. The van der Waals surface area contributed by atoms with E-state index in [9.17, 15) is 4.79 Å². The third-order valence-electron chi connectivity index (χ3n) is 3.36. The van der Waals surface area contributed by atoms with E-state index in [1.54, 1.807) is 7.11 Å². The highest BCUT2D eigenvalue weighted by Crippen LogP contribution is 2.24. The molecule has 1 aromatic carbocycles. The molecule has 0 atom stereocenters. The van der Waals surface area contributed by atoms with Crippen molar-refractivity contribution in [3.63, 3.8) is 0 Å². The summed E-state index contributed by atoms with van der Waals surface area (Å²) in [5, 5.41) is 3.01. The lowest BCUT2D eigenvalue weighted by atomic mass is 10.00. The van der Waals surface area contributed by atoms with Gasteiger partial charge in [0.05, 0.1) is 13.5 Å². The third kappa shape index (κ3) is 2.78. The number of hydrogen-bond donors (Lipinski definition) is 1. The van der Waals surface area contributed by atoms with Gasteiger partial charge in [0.15, 0.2) is 0 Å². The van der Waals surface area contributed by atoms with Crippen LogP contribution in [0.2, 0.25) is 0 Å². The summed E-state index contributed by atoms with van der Waals surface area (Å²) in [6.07, 6.45) is 2.73. The molecule has 1 aliphatic rings. The van der Waals surface area contributed by atoms with Crippen LogP contribution in [0, 0.1) is 13.8 Å². The Balaban J connectivity index is 2.09. The number of rotatable bonds is 4. The van der Waals surface area contributed by atoms with Gasteiger partial charge in [-0.1, -0.05) is 6.07 Å². The largest absolute Gasteiger partial charge is 0.496 e. The molecule has 0 unspecified atom stereocenters. The number of amides is 1.